The van der Waals surface area contributed by atoms with Crippen LogP contribution in [0.2, 0.25) is 0 Å². The molecule has 0 aliphatic carbocycles. The quantitative estimate of drug-likeness (QED) is 0.658. The van der Waals surface area contributed by atoms with Gasteiger partial charge in [-0.25, -0.2) is 0 Å². The molecular formula is C24H21NO5. The lowest BCUT2D eigenvalue weighted by Gasteiger charge is -2.35. The van der Waals surface area contributed by atoms with Crippen molar-refractivity contribution in [1.29, 1.82) is 0 Å². The molecule has 3 aromatic carbocycles. The van der Waals surface area contributed by atoms with Crippen molar-refractivity contribution in [3.63, 3.8) is 0 Å². The smallest absolute Gasteiger partial charge is 0.325 e. The van der Waals surface area contributed by atoms with E-state index in [1.54, 1.807) is 6.07 Å². The average molecular weight is 403 g/mol. The molecule has 152 valence electrons. The van der Waals surface area contributed by atoms with Gasteiger partial charge in [-0.3, -0.25) is 9.59 Å². The van der Waals surface area contributed by atoms with Crippen molar-refractivity contribution < 1.29 is 24.2 Å². The molecule has 1 N–H and O–H groups in total. The highest BCUT2D eigenvalue weighted by molar-refractivity contribution is 5.99. The standard InChI is InChI=1S/C24H21NO5/c26-22-12-11-19(29-15-17-7-3-1-4-8-17)13-20(22)24(28)25-14-23(27)30-16-21(25)18-9-5-2-6-10-18/h1-13,21,26H,14-16H2/t21-/m0/s1. The maximum atomic E-state index is 13.3. The third-order valence-electron chi connectivity index (χ3n) is 4.97. The Balaban J connectivity index is 1.58. The van der Waals surface area contributed by atoms with E-state index in [0.29, 0.717) is 12.4 Å². The molecule has 1 saturated heterocycles. The number of hydrogen-bond acceptors (Lipinski definition) is 5. The second-order valence-corrected chi connectivity index (χ2v) is 7.00. The second kappa shape index (κ2) is 8.69. The fourth-order valence-electron chi connectivity index (χ4n) is 3.39. The Morgan fingerprint density at radius 3 is 2.47 bits per heavy atom. The molecule has 1 fully saturated rings. The first-order valence-corrected chi connectivity index (χ1v) is 9.63. The molecule has 1 amide bonds. The molecule has 1 heterocycles. The van der Waals surface area contributed by atoms with Crippen LogP contribution in [0.3, 0.4) is 0 Å². The zero-order chi connectivity index (χ0) is 20.9. The summed E-state index contributed by atoms with van der Waals surface area (Å²) in [5, 5.41) is 10.3. The highest BCUT2D eigenvalue weighted by Gasteiger charge is 2.34. The Labute approximate surface area is 174 Å². The van der Waals surface area contributed by atoms with Gasteiger partial charge in [-0.15, -0.1) is 0 Å². The molecule has 0 aromatic heterocycles. The number of phenolic OH excluding ortho intramolecular Hbond substituents is 1. The number of aromatic hydroxyl groups is 1. The van der Waals surface area contributed by atoms with Crippen molar-refractivity contribution in [2.24, 2.45) is 0 Å². The molecule has 0 saturated carbocycles. The van der Waals surface area contributed by atoms with E-state index in [9.17, 15) is 14.7 Å². The summed E-state index contributed by atoms with van der Waals surface area (Å²) in [6, 6.07) is 23.1. The zero-order valence-electron chi connectivity index (χ0n) is 16.2. The molecule has 0 radical (unpaired) electrons. The summed E-state index contributed by atoms with van der Waals surface area (Å²) >= 11 is 0. The van der Waals surface area contributed by atoms with Gasteiger partial charge in [-0.1, -0.05) is 60.7 Å². The number of esters is 1. The fraction of sp³-hybridized carbons (Fsp3) is 0.167. The normalized spacial score (nSPS) is 16.1. The van der Waals surface area contributed by atoms with Gasteiger partial charge in [0.2, 0.25) is 0 Å². The van der Waals surface area contributed by atoms with Gasteiger partial charge in [-0.2, -0.15) is 0 Å². The average Bonchev–Trinajstić information content (AvgIpc) is 2.79. The Morgan fingerprint density at radius 1 is 1.03 bits per heavy atom. The van der Waals surface area contributed by atoms with E-state index in [1.807, 2.05) is 60.7 Å². The van der Waals surface area contributed by atoms with Gasteiger partial charge in [0.1, 0.15) is 31.3 Å². The molecule has 1 aliphatic rings. The molecule has 1 aliphatic heterocycles. The molecule has 0 spiro atoms. The molecule has 6 nitrogen and oxygen atoms in total. The molecule has 1 atom stereocenters. The van der Waals surface area contributed by atoms with Crippen LogP contribution < -0.4 is 4.74 Å². The van der Waals surface area contributed by atoms with Gasteiger partial charge >= 0.3 is 5.97 Å². The van der Waals surface area contributed by atoms with Crippen molar-refractivity contribution in [2.45, 2.75) is 12.6 Å². The lowest BCUT2D eigenvalue weighted by Crippen LogP contribution is -2.45. The molecule has 3 aromatic rings. The van der Waals surface area contributed by atoms with Gasteiger partial charge in [0.25, 0.3) is 5.91 Å². The van der Waals surface area contributed by atoms with Crippen molar-refractivity contribution in [3.8, 4) is 11.5 Å². The summed E-state index contributed by atoms with van der Waals surface area (Å²) in [5.41, 5.74) is 1.92. The largest absolute Gasteiger partial charge is 0.507 e. The summed E-state index contributed by atoms with van der Waals surface area (Å²) in [5.74, 6) is -0.650. The number of carbonyl (C=O) groups excluding carboxylic acids is 2. The fourth-order valence-corrected chi connectivity index (χ4v) is 3.39. The Kier molecular flexibility index (Phi) is 5.66. The topological polar surface area (TPSA) is 76.1 Å². The maximum absolute atomic E-state index is 13.3. The first-order chi connectivity index (χ1) is 14.6. The van der Waals surface area contributed by atoms with Gasteiger partial charge in [0.05, 0.1) is 11.6 Å². The van der Waals surface area contributed by atoms with Crippen LogP contribution in [0.25, 0.3) is 0 Å². The van der Waals surface area contributed by atoms with Crippen LogP contribution in [0, 0.1) is 0 Å². The van der Waals surface area contributed by atoms with Crippen molar-refractivity contribution in [2.75, 3.05) is 13.2 Å². The predicted octanol–water partition coefficient (Wildman–Crippen LogP) is 3.71. The number of phenols is 1. The number of morpholine rings is 1. The Morgan fingerprint density at radius 2 is 1.73 bits per heavy atom. The number of rotatable bonds is 5. The second-order valence-electron chi connectivity index (χ2n) is 7.00. The third-order valence-corrected chi connectivity index (χ3v) is 4.97. The summed E-state index contributed by atoms with van der Waals surface area (Å²) in [6.45, 7) is 0.217. The number of carbonyl (C=O) groups is 2. The van der Waals surface area contributed by atoms with E-state index in [2.05, 4.69) is 0 Å². The molecule has 4 rings (SSSR count). The first-order valence-electron chi connectivity index (χ1n) is 9.63. The van der Waals surface area contributed by atoms with Crippen LogP contribution in [0.15, 0.2) is 78.9 Å². The number of nitrogens with zero attached hydrogens (tertiary/aromatic N) is 1. The van der Waals surface area contributed by atoms with Crippen molar-refractivity contribution in [1.82, 2.24) is 4.90 Å². The SMILES string of the molecule is O=C1CN(C(=O)c2cc(OCc3ccccc3)ccc2O)[C@H](c2ccccc2)CO1. The number of hydrogen-bond donors (Lipinski definition) is 1. The molecular weight excluding hydrogens is 382 g/mol. The molecule has 0 bridgehead atoms. The first kappa shape index (κ1) is 19.5. The van der Waals surface area contributed by atoms with Crippen molar-refractivity contribution in [3.05, 3.63) is 95.6 Å². The summed E-state index contributed by atoms with van der Waals surface area (Å²) < 4.78 is 11.0. The lowest BCUT2D eigenvalue weighted by molar-refractivity contribution is -0.152. The molecule has 30 heavy (non-hydrogen) atoms. The maximum Gasteiger partial charge on any atom is 0.325 e. The highest BCUT2D eigenvalue weighted by Crippen LogP contribution is 2.30. The molecule has 0 unspecified atom stereocenters. The summed E-state index contributed by atoms with van der Waals surface area (Å²) in [4.78, 5) is 26.6. The summed E-state index contributed by atoms with van der Waals surface area (Å²) in [6.07, 6.45) is 0. The number of cyclic esters (lactones) is 1. The van der Waals surface area contributed by atoms with Gasteiger partial charge < -0.3 is 19.5 Å². The molecule has 6 heteroatoms. The number of amides is 1. The minimum atomic E-state index is -0.480. The number of benzene rings is 3. The van der Waals surface area contributed by atoms with Crippen molar-refractivity contribution >= 4 is 11.9 Å². The van der Waals surface area contributed by atoms with Crippen LogP contribution in [0.5, 0.6) is 11.5 Å². The van der Waals surface area contributed by atoms with Gasteiger partial charge in [-0.05, 0) is 29.3 Å². The van der Waals surface area contributed by atoms with Gasteiger partial charge in [0.15, 0.2) is 0 Å². The van der Waals surface area contributed by atoms with Crippen LogP contribution >= 0.6 is 0 Å². The van der Waals surface area contributed by atoms with Gasteiger partial charge in [0, 0.05) is 0 Å². The zero-order valence-corrected chi connectivity index (χ0v) is 16.2. The Hall–Kier alpha value is -3.80. The minimum Gasteiger partial charge on any atom is -0.507 e. The van der Waals surface area contributed by atoms with Crippen LogP contribution in [0.4, 0.5) is 0 Å². The Bertz CT molecular complexity index is 1040. The van der Waals surface area contributed by atoms with E-state index in [4.69, 9.17) is 9.47 Å². The monoisotopic (exact) mass is 403 g/mol. The summed E-state index contributed by atoms with van der Waals surface area (Å²) in [7, 11) is 0. The van der Waals surface area contributed by atoms with Crippen LogP contribution in [0.1, 0.15) is 27.5 Å². The third kappa shape index (κ3) is 4.27. The van der Waals surface area contributed by atoms with E-state index in [-0.39, 0.29) is 24.5 Å². The predicted molar refractivity (Wildman–Crippen MR) is 110 cm³/mol. The van der Waals surface area contributed by atoms with Crippen LogP contribution in [-0.2, 0) is 16.1 Å². The van der Waals surface area contributed by atoms with E-state index >= 15 is 0 Å². The number of ether oxygens (including phenoxy) is 2. The highest BCUT2D eigenvalue weighted by atomic mass is 16.5. The van der Waals surface area contributed by atoms with Crippen LogP contribution in [-0.4, -0.2) is 35.0 Å². The minimum absolute atomic E-state index is 0.0690. The van der Waals surface area contributed by atoms with E-state index in [1.165, 1.54) is 17.0 Å². The van der Waals surface area contributed by atoms with E-state index < -0.39 is 17.9 Å². The lowest BCUT2D eigenvalue weighted by atomic mass is 10.0. The van der Waals surface area contributed by atoms with E-state index in [0.717, 1.165) is 11.1 Å².